The fourth-order valence-corrected chi connectivity index (χ4v) is 4.39. The third-order valence-corrected chi connectivity index (χ3v) is 6.13. The van der Waals surface area contributed by atoms with Gasteiger partial charge in [0.1, 0.15) is 0 Å². The van der Waals surface area contributed by atoms with Crippen molar-refractivity contribution in [2.24, 2.45) is 4.99 Å². The SMILES string of the molecule is CCNC(=NCC(c1ccc(C)cc1)N1CCOCC1)NCC1CCCN1CC. The van der Waals surface area contributed by atoms with E-state index in [0.29, 0.717) is 6.04 Å². The Balaban J connectivity index is 1.67. The van der Waals surface area contributed by atoms with Crippen LogP contribution in [0, 0.1) is 6.92 Å². The summed E-state index contributed by atoms with van der Waals surface area (Å²) in [7, 11) is 0. The van der Waals surface area contributed by atoms with E-state index in [0.717, 1.165) is 58.4 Å². The Bertz CT molecular complexity index is 627. The lowest BCUT2D eigenvalue weighted by Crippen LogP contribution is -2.45. The first kappa shape index (κ1) is 22.1. The minimum atomic E-state index is 0.286. The van der Waals surface area contributed by atoms with Crippen molar-refractivity contribution in [3.8, 4) is 0 Å². The van der Waals surface area contributed by atoms with E-state index in [1.807, 2.05) is 0 Å². The number of morpholine rings is 1. The van der Waals surface area contributed by atoms with Gasteiger partial charge in [0.2, 0.25) is 0 Å². The van der Waals surface area contributed by atoms with Crippen molar-refractivity contribution >= 4 is 5.96 Å². The van der Waals surface area contributed by atoms with E-state index in [-0.39, 0.29) is 6.04 Å². The highest BCUT2D eigenvalue weighted by Crippen LogP contribution is 2.23. The first-order chi connectivity index (χ1) is 14.2. The molecule has 0 aromatic heterocycles. The van der Waals surface area contributed by atoms with Gasteiger partial charge in [-0.3, -0.25) is 14.8 Å². The van der Waals surface area contributed by atoms with Crippen molar-refractivity contribution in [2.75, 3.05) is 59.0 Å². The van der Waals surface area contributed by atoms with Crippen molar-refractivity contribution in [2.45, 2.75) is 45.7 Å². The van der Waals surface area contributed by atoms with Crippen LogP contribution in [0.4, 0.5) is 0 Å². The predicted molar refractivity (Wildman–Crippen MR) is 121 cm³/mol. The van der Waals surface area contributed by atoms with Crippen molar-refractivity contribution < 1.29 is 4.74 Å². The molecular weight excluding hydrogens is 362 g/mol. The summed E-state index contributed by atoms with van der Waals surface area (Å²) in [5, 5.41) is 7.04. The summed E-state index contributed by atoms with van der Waals surface area (Å²) in [5.74, 6) is 0.931. The monoisotopic (exact) mass is 401 g/mol. The number of rotatable bonds is 8. The Morgan fingerprint density at radius 1 is 1.14 bits per heavy atom. The number of likely N-dealkylation sites (N-methyl/N-ethyl adjacent to an activating group) is 1. The summed E-state index contributed by atoms with van der Waals surface area (Å²) in [6.07, 6.45) is 2.58. The summed E-state index contributed by atoms with van der Waals surface area (Å²) in [6, 6.07) is 9.82. The smallest absolute Gasteiger partial charge is 0.191 e. The molecule has 0 aliphatic carbocycles. The maximum Gasteiger partial charge on any atom is 0.191 e. The molecule has 0 amide bonds. The lowest BCUT2D eigenvalue weighted by molar-refractivity contribution is 0.0179. The molecule has 2 unspecified atom stereocenters. The van der Waals surface area contributed by atoms with E-state index in [4.69, 9.17) is 9.73 Å². The number of guanidine groups is 1. The summed E-state index contributed by atoms with van der Waals surface area (Å²) in [5.41, 5.74) is 2.63. The fraction of sp³-hybridized carbons (Fsp3) is 0.696. The number of benzene rings is 1. The molecule has 0 saturated carbocycles. The van der Waals surface area contributed by atoms with E-state index >= 15 is 0 Å². The van der Waals surface area contributed by atoms with Crippen LogP contribution in [-0.4, -0.2) is 80.8 Å². The molecule has 2 heterocycles. The molecule has 6 nitrogen and oxygen atoms in total. The summed E-state index contributed by atoms with van der Waals surface area (Å²) in [6.45, 7) is 15.0. The maximum absolute atomic E-state index is 5.58. The van der Waals surface area contributed by atoms with Crippen LogP contribution < -0.4 is 10.6 Å². The quantitative estimate of drug-likeness (QED) is 0.518. The first-order valence-corrected chi connectivity index (χ1v) is 11.4. The normalized spacial score (nSPS) is 22.6. The standard InChI is InChI=1S/C23H39N5O/c1-4-24-23(25-17-21-7-6-12-27(21)5-2)26-18-22(28-13-15-29-16-14-28)20-10-8-19(3)9-11-20/h8-11,21-22H,4-7,12-18H2,1-3H3,(H2,24,25,26). The molecule has 162 valence electrons. The number of hydrogen-bond acceptors (Lipinski definition) is 4. The van der Waals surface area contributed by atoms with Gasteiger partial charge in [0, 0.05) is 32.2 Å². The Morgan fingerprint density at radius 2 is 1.90 bits per heavy atom. The number of aryl methyl sites for hydroxylation is 1. The van der Waals surface area contributed by atoms with E-state index < -0.39 is 0 Å². The van der Waals surface area contributed by atoms with Crippen LogP contribution in [0.5, 0.6) is 0 Å². The van der Waals surface area contributed by atoms with Gasteiger partial charge in [-0.05, 0) is 45.3 Å². The van der Waals surface area contributed by atoms with Crippen LogP contribution in [0.2, 0.25) is 0 Å². The molecule has 6 heteroatoms. The molecule has 2 fully saturated rings. The van der Waals surface area contributed by atoms with Gasteiger partial charge in [0.15, 0.2) is 5.96 Å². The minimum Gasteiger partial charge on any atom is -0.379 e. The number of likely N-dealkylation sites (tertiary alicyclic amines) is 1. The van der Waals surface area contributed by atoms with Gasteiger partial charge in [0.05, 0.1) is 25.8 Å². The molecule has 2 N–H and O–H groups in total. The maximum atomic E-state index is 5.58. The van der Waals surface area contributed by atoms with E-state index in [2.05, 4.69) is 65.5 Å². The fourth-order valence-electron chi connectivity index (χ4n) is 4.39. The summed E-state index contributed by atoms with van der Waals surface area (Å²) < 4.78 is 5.58. The molecule has 2 saturated heterocycles. The van der Waals surface area contributed by atoms with Gasteiger partial charge in [-0.25, -0.2) is 0 Å². The van der Waals surface area contributed by atoms with Crippen LogP contribution in [-0.2, 0) is 4.74 Å². The van der Waals surface area contributed by atoms with Crippen LogP contribution >= 0.6 is 0 Å². The third-order valence-electron chi connectivity index (χ3n) is 6.13. The van der Waals surface area contributed by atoms with Crippen LogP contribution in [0.25, 0.3) is 0 Å². The van der Waals surface area contributed by atoms with E-state index in [1.54, 1.807) is 0 Å². The molecule has 3 rings (SSSR count). The van der Waals surface area contributed by atoms with Crippen LogP contribution in [0.1, 0.15) is 43.9 Å². The molecule has 2 atom stereocenters. The number of nitrogens with zero attached hydrogens (tertiary/aromatic N) is 3. The Morgan fingerprint density at radius 3 is 2.59 bits per heavy atom. The number of ether oxygens (including phenoxy) is 1. The van der Waals surface area contributed by atoms with Gasteiger partial charge in [-0.2, -0.15) is 0 Å². The third kappa shape index (κ3) is 6.43. The average molecular weight is 402 g/mol. The average Bonchev–Trinajstić information content (AvgIpc) is 3.21. The Labute approximate surface area is 176 Å². The van der Waals surface area contributed by atoms with Crippen molar-refractivity contribution in [1.82, 2.24) is 20.4 Å². The highest BCUT2D eigenvalue weighted by molar-refractivity contribution is 5.79. The second-order valence-electron chi connectivity index (χ2n) is 8.10. The number of nitrogens with one attached hydrogen (secondary N) is 2. The number of aliphatic imine (C=N–C) groups is 1. The predicted octanol–water partition coefficient (Wildman–Crippen LogP) is 2.41. The molecule has 1 aromatic carbocycles. The van der Waals surface area contributed by atoms with Gasteiger partial charge < -0.3 is 15.4 Å². The second kappa shape index (κ2) is 11.5. The molecule has 29 heavy (non-hydrogen) atoms. The summed E-state index contributed by atoms with van der Waals surface area (Å²) in [4.78, 5) is 10.1. The summed E-state index contributed by atoms with van der Waals surface area (Å²) >= 11 is 0. The molecule has 0 spiro atoms. The molecule has 0 radical (unpaired) electrons. The van der Waals surface area contributed by atoms with Gasteiger partial charge in [-0.15, -0.1) is 0 Å². The zero-order valence-corrected chi connectivity index (χ0v) is 18.5. The van der Waals surface area contributed by atoms with Gasteiger partial charge in [0.25, 0.3) is 0 Å². The Hall–Kier alpha value is -1.63. The highest BCUT2D eigenvalue weighted by Gasteiger charge is 2.24. The lowest BCUT2D eigenvalue weighted by atomic mass is 10.0. The van der Waals surface area contributed by atoms with E-state index in [1.165, 1.54) is 30.5 Å². The lowest BCUT2D eigenvalue weighted by Gasteiger charge is -2.34. The molecular formula is C23H39N5O. The Kier molecular flexibility index (Phi) is 8.77. The van der Waals surface area contributed by atoms with Crippen LogP contribution in [0.15, 0.2) is 29.3 Å². The van der Waals surface area contributed by atoms with Gasteiger partial charge >= 0.3 is 0 Å². The van der Waals surface area contributed by atoms with Crippen LogP contribution in [0.3, 0.4) is 0 Å². The van der Waals surface area contributed by atoms with Crippen molar-refractivity contribution in [1.29, 1.82) is 0 Å². The molecule has 0 bridgehead atoms. The number of hydrogen-bond donors (Lipinski definition) is 2. The molecule has 2 aliphatic rings. The molecule has 1 aromatic rings. The zero-order chi connectivity index (χ0) is 20.5. The highest BCUT2D eigenvalue weighted by atomic mass is 16.5. The minimum absolute atomic E-state index is 0.286. The van der Waals surface area contributed by atoms with Gasteiger partial charge in [-0.1, -0.05) is 36.8 Å². The van der Waals surface area contributed by atoms with E-state index in [9.17, 15) is 0 Å². The van der Waals surface area contributed by atoms with Crippen molar-refractivity contribution in [3.05, 3.63) is 35.4 Å². The van der Waals surface area contributed by atoms with Crippen molar-refractivity contribution in [3.63, 3.8) is 0 Å². The zero-order valence-electron chi connectivity index (χ0n) is 18.5. The second-order valence-corrected chi connectivity index (χ2v) is 8.10. The topological polar surface area (TPSA) is 52.1 Å². The largest absolute Gasteiger partial charge is 0.379 e. The molecule has 2 aliphatic heterocycles. The first-order valence-electron chi connectivity index (χ1n) is 11.4.